The lowest BCUT2D eigenvalue weighted by Crippen LogP contribution is -2.54. The molecule has 1 aliphatic rings. The van der Waals surface area contributed by atoms with Gasteiger partial charge in [0, 0.05) is 16.7 Å². The predicted molar refractivity (Wildman–Crippen MR) is 95.1 cm³/mol. The molecule has 3 rings (SSSR count). The van der Waals surface area contributed by atoms with Crippen LogP contribution in [0, 0.1) is 0 Å². The Bertz CT molecular complexity index is 940. The van der Waals surface area contributed by atoms with Crippen molar-refractivity contribution in [1.29, 1.82) is 0 Å². The molecule has 7 nitrogen and oxygen atoms in total. The summed E-state index contributed by atoms with van der Waals surface area (Å²) in [5.74, 6) is -1.88. The third-order valence-corrected chi connectivity index (χ3v) is 3.92. The number of barbiturate groups is 1. The van der Waals surface area contributed by atoms with Gasteiger partial charge in [-0.15, -0.1) is 0 Å². The minimum Gasteiger partial charge on any atom is -0.504 e. The molecular formula is C18H13ClN2O5. The van der Waals surface area contributed by atoms with E-state index < -0.39 is 17.8 Å². The van der Waals surface area contributed by atoms with E-state index >= 15 is 0 Å². The average molecular weight is 373 g/mol. The standard InChI is InChI=1S/C18H13ClN2O5/c1-26-14-9-11(19)7-10(15(14)22)8-13-16(23)20-18(25)21(17(13)24)12-5-3-2-4-6-12/h2-9,22H,1H3,(H,20,23,25). The summed E-state index contributed by atoms with van der Waals surface area (Å²) in [6, 6.07) is 10.1. The molecule has 1 fully saturated rings. The molecule has 0 bridgehead atoms. The first-order chi connectivity index (χ1) is 12.4. The monoisotopic (exact) mass is 372 g/mol. The number of hydrogen-bond acceptors (Lipinski definition) is 5. The number of phenols is 1. The Morgan fingerprint density at radius 2 is 1.85 bits per heavy atom. The zero-order valence-electron chi connectivity index (χ0n) is 13.5. The first kappa shape index (κ1) is 17.5. The van der Waals surface area contributed by atoms with Crippen molar-refractivity contribution < 1.29 is 24.2 Å². The van der Waals surface area contributed by atoms with E-state index in [0.717, 1.165) is 11.0 Å². The van der Waals surface area contributed by atoms with Crippen LogP contribution < -0.4 is 15.0 Å². The van der Waals surface area contributed by atoms with E-state index in [4.69, 9.17) is 16.3 Å². The number of ether oxygens (including phenoxy) is 1. The summed E-state index contributed by atoms with van der Waals surface area (Å²) in [6.07, 6.45) is 1.16. The highest BCUT2D eigenvalue weighted by atomic mass is 35.5. The van der Waals surface area contributed by atoms with Crippen LogP contribution in [0.25, 0.3) is 6.08 Å². The molecule has 0 atom stereocenters. The molecular weight excluding hydrogens is 360 g/mol. The fourth-order valence-electron chi connectivity index (χ4n) is 2.48. The van der Waals surface area contributed by atoms with Crippen LogP contribution in [0.3, 0.4) is 0 Å². The lowest BCUT2D eigenvalue weighted by atomic mass is 10.1. The van der Waals surface area contributed by atoms with E-state index in [9.17, 15) is 19.5 Å². The molecule has 132 valence electrons. The number of anilines is 1. The molecule has 0 spiro atoms. The Labute approximate surface area is 153 Å². The fourth-order valence-corrected chi connectivity index (χ4v) is 2.70. The van der Waals surface area contributed by atoms with Crippen LogP contribution in [-0.4, -0.2) is 30.1 Å². The number of nitrogens with one attached hydrogen (secondary N) is 1. The second-order valence-electron chi connectivity index (χ2n) is 5.34. The summed E-state index contributed by atoms with van der Waals surface area (Å²) in [5.41, 5.74) is 0.0876. The van der Waals surface area contributed by atoms with Gasteiger partial charge in [0.25, 0.3) is 11.8 Å². The summed E-state index contributed by atoms with van der Waals surface area (Å²) in [6.45, 7) is 0. The van der Waals surface area contributed by atoms with Crippen molar-refractivity contribution in [3.05, 3.63) is 58.6 Å². The molecule has 4 amide bonds. The summed E-state index contributed by atoms with van der Waals surface area (Å²) in [7, 11) is 1.34. The van der Waals surface area contributed by atoms with Crippen molar-refractivity contribution in [1.82, 2.24) is 5.32 Å². The van der Waals surface area contributed by atoms with E-state index in [1.807, 2.05) is 0 Å². The molecule has 0 saturated carbocycles. The number of aromatic hydroxyl groups is 1. The van der Waals surface area contributed by atoms with Crippen LogP contribution in [0.15, 0.2) is 48.0 Å². The number of phenolic OH excluding ortho intramolecular Hbond substituents is 1. The highest BCUT2D eigenvalue weighted by Crippen LogP contribution is 2.35. The van der Waals surface area contributed by atoms with E-state index in [2.05, 4.69) is 5.32 Å². The molecule has 1 heterocycles. The van der Waals surface area contributed by atoms with Crippen molar-refractivity contribution in [2.24, 2.45) is 0 Å². The second-order valence-corrected chi connectivity index (χ2v) is 5.78. The number of para-hydroxylation sites is 1. The molecule has 1 saturated heterocycles. The van der Waals surface area contributed by atoms with Crippen molar-refractivity contribution in [2.45, 2.75) is 0 Å². The lowest BCUT2D eigenvalue weighted by molar-refractivity contribution is -0.122. The average Bonchev–Trinajstić information content (AvgIpc) is 2.61. The smallest absolute Gasteiger partial charge is 0.335 e. The van der Waals surface area contributed by atoms with Crippen LogP contribution in [0.5, 0.6) is 11.5 Å². The molecule has 2 aromatic carbocycles. The molecule has 0 unspecified atom stereocenters. The van der Waals surface area contributed by atoms with Gasteiger partial charge in [-0.25, -0.2) is 9.69 Å². The fraction of sp³-hybridized carbons (Fsp3) is 0.0556. The van der Waals surface area contributed by atoms with Crippen LogP contribution in [0.2, 0.25) is 5.02 Å². The number of halogens is 1. The minimum absolute atomic E-state index is 0.0870. The Hall–Kier alpha value is -3.32. The Morgan fingerprint density at radius 1 is 1.15 bits per heavy atom. The number of urea groups is 1. The molecule has 2 aromatic rings. The first-order valence-corrected chi connectivity index (χ1v) is 7.83. The number of rotatable bonds is 3. The number of methoxy groups -OCH3 is 1. The minimum atomic E-state index is -0.870. The number of imide groups is 2. The van der Waals surface area contributed by atoms with Crippen molar-refractivity contribution in [3.8, 4) is 11.5 Å². The molecule has 26 heavy (non-hydrogen) atoms. The maximum Gasteiger partial charge on any atom is 0.335 e. The van der Waals surface area contributed by atoms with Crippen LogP contribution in [-0.2, 0) is 9.59 Å². The first-order valence-electron chi connectivity index (χ1n) is 7.45. The maximum absolute atomic E-state index is 12.7. The predicted octanol–water partition coefficient (Wildman–Crippen LogP) is 2.72. The van der Waals surface area contributed by atoms with Gasteiger partial charge in [-0.3, -0.25) is 14.9 Å². The highest BCUT2D eigenvalue weighted by molar-refractivity contribution is 6.39. The zero-order valence-corrected chi connectivity index (χ0v) is 14.3. The van der Waals surface area contributed by atoms with E-state index in [0.29, 0.717) is 5.69 Å². The largest absolute Gasteiger partial charge is 0.504 e. The summed E-state index contributed by atoms with van der Waals surface area (Å²) >= 11 is 5.97. The number of nitrogens with zero attached hydrogens (tertiary/aromatic N) is 1. The van der Waals surface area contributed by atoms with Gasteiger partial charge >= 0.3 is 6.03 Å². The number of benzene rings is 2. The maximum atomic E-state index is 12.7. The van der Waals surface area contributed by atoms with Gasteiger partial charge < -0.3 is 9.84 Å². The number of amides is 4. The number of carbonyl (C=O) groups excluding carboxylic acids is 3. The number of carbonyl (C=O) groups is 3. The second kappa shape index (κ2) is 6.89. The zero-order chi connectivity index (χ0) is 18.8. The molecule has 0 radical (unpaired) electrons. The highest BCUT2D eigenvalue weighted by Gasteiger charge is 2.36. The van der Waals surface area contributed by atoms with Gasteiger partial charge in [0.1, 0.15) is 5.57 Å². The van der Waals surface area contributed by atoms with Gasteiger partial charge in [-0.05, 0) is 24.3 Å². The third kappa shape index (κ3) is 3.12. The molecule has 0 aliphatic carbocycles. The van der Waals surface area contributed by atoms with Crippen molar-refractivity contribution >= 4 is 41.2 Å². The Kier molecular flexibility index (Phi) is 4.64. The number of hydrogen-bond donors (Lipinski definition) is 2. The van der Waals surface area contributed by atoms with E-state index in [1.165, 1.54) is 19.2 Å². The summed E-state index contributed by atoms with van der Waals surface area (Å²) in [5, 5.41) is 12.5. The quantitative estimate of drug-likeness (QED) is 0.638. The van der Waals surface area contributed by atoms with Gasteiger partial charge in [-0.2, -0.15) is 0 Å². The molecule has 0 aromatic heterocycles. The third-order valence-electron chi connectivity index (χ3n) is 3.71. The Morgan fingerprint density at radius 3 is 2.50 bits per heavy atom. The molecule has 8 heteroatoms. The van der Waals surface area contributed by atoms with Gasteiger partial charge in [0.2, 0.25) is 0 Å². The summed E-state index contributed by atoms with van der Waals surface area (Å²) < 4.78 is 5.00. The van der Waals surface area contributed by atoms with E-state index in [-0.39, 0.29) is 27.7 Å². The Balaban J connectivity index is 2.08. The van der Waals surface area contributed by atoms with Gasteiger partial charge in [0.15, 0.2) is 11.5 Å². The van der Waals surface area contributed by atoms with Crippen LogP contribution in [0.1, 0.15) is 5.56 Å². The van der Waals surface area contributed by atoms with Crippen LogP contribution >= 0.6 is 11.6 Å². The van der Waals surface area contributed by atoms with Crippen molar-refractivity contribution in [3.63, 3.8) is 0 Å². The van der Waals surface area contributed by atoms with Crippen LogP contribution in [0.4, 0.5) is 10.5 Å². The summed E-state index contributed by atoms with van der Waals surface area (Å²) in [4.78, 5) is 37.8. The topological polar surface area (TPSA) is 95.9 Å². The van der Waals surface area contributed by atoms with Gasteiger partial charge in [0.05, 0.1) is 12.8 Å². The lowest BCUT2D eigenvalue weighted by Gasteiger charge is -2.26. The normalized spacial score (nSPS) is 16.0. The van der Waals surface area contributed by atoms with Gasteiger partial charge in [-0.1, -0.05) is 29.8 Å². The molecule has 1 aliphatic heterocycles. The van der Waals surface area contributed by atoms with Crippen molar-refractivity contribution in [2.75, 3.05) is 12.0 Å². The SMILES string of the molecule is COc1cc(Cl)cc(C=C2C(=O)NC(=O)N(c3ccccc3)C2=O)c1O. The molecule has 2 N–H and O–H groups in total. The van der Waals surface area contributed by atoms with E-state index in [1.54, 1.807) is 30.3 Å².